The van der Waals surface area contributed by atoms with Crippen molar-refractivity contribution >= 4 is 35.5 Å². The number of carboxylic acid groups (broad SMARTS) is 1. The van der Waals surface area contributed by atoms with Crippen LogP contribution in [0.15, 0.2) is 0 Å². The predicted molar refractivity (Wildman–Crippen MR) is 105 cm³/mol. The van der Waals surface area contributed by atoms with Crippen molar-refractivity contribution in [3.63, 3.8) is 0 Å². The molecule has 5 unspecified atom stereocenters. The minimum atomic E-state index is -1.17. The van der Waals surface area contributed by atoms with E-state index in [2.05, 4.69) is 16.0 Å². The lowest BCUT2D eigenvalue weighted by Gasteiger charge is -2.24. The number of carbonyl (C=O) groups excluding carboxylic acids is 3. The zero-order valence-corrected chi connectivity index (χ0v) is 17.4. The summed E-state index contributed by atoms with van der Waals surface area (Å²) < 4.78 is 0. The van der Waals surface area contributed by atoms with E-state index in [0.717, 1.165) is 6.42 Å². The highest BCUT2D eigenvalue weighted by Crippen LogP contribution is 2.07. The largest absolute Gasteiger partial charge is 0.480 e. The molecule has 10 heteroatoms. The SMILES string of the molecule is CCC(C)C(N)C(=O)NC(CCSC)C(=O)NC(C)C(=O)NC(C)C(=O)O. The summed E-state index contributed by atoms with van der Waals surface area (Å²) in [5, 5.41) is 16.3. The number of carbonyl (C=O) groups is 4. The molecule has 0 heterocycles. The molecule has 9 nitrogen and oxygen atoms in total. The normalized spacial score (nSPS) is 16.4. The Labute approximate surface area is 164 Å². The van der Waals surface area contributed by atoms with Crippen LogP contribution >= 0.6 is 11.8 Å². The van der Waals surface area contributed by atoms with E-state index in [9.17, 15) is 19.2 Å². The van der Waals surface area contributed by atoms with Crippen LogP contribution in [0, 0.1) is 5.92 Å². The second-order valence-corrected chi connectivity index (χ2v) is 7.54. The molecule has 0 aliphatic carbocycles. The maximum absolute atomic E-state index is 12.5. The molecule has 0 aliphatic heterocycles. The highest BCUT2D eigenvalue weighted by Gasteiger charge is 2.28. The molecule has 0 fully saturated rings. The van der Waals surface area contributed by atoms with Gasteiger partial charge in [0.1, 0.15) is 18.1 Å². The molecule has 0 aromatic rings. The van der Waals surface area contributed by atoms with E-state index in [0.29, 0.717) is 12.2 Å². The van der Waals surface area contributed by atoms with Gasteiger partial charge in [-0.3, -0.25) is 19.2 Å². The number of hydrogen-bond acceptors (Lipinski definition) is 6. The van der Waals surface area contributed by atoms with Crippen molar-refractivity contribution in [1.29, 1.82) is 0 Å². The average Bonchev–Trinajstić information content (AvgIpc) is 2.62. The van der Waals surface area contributed by atoms with Gasteiger partial charge in [0.05, 0.1) is 6.04 Å². The van der Waals surface area contributed by atoms with E-state index in [-0.39, 0.29) is 5.92 Å². The standard InChI is InChI=1S/C17H32N4O5S/c1-6-9(2)13(18)16(24)21-12(7-8-27-5)15(23)19-10(3)14(22)20-11(4)17(25)26/h9-13H,6-8,18H2,1-5H3,(H,19,23)(H,20,22)(H,21,24)(H,25,26). The summed E-state index contributed by atoms with van der Waals surface area (Å²) in [5.74, 6) is -2.12. The molecular formula is C17H32N4O5S. The fourth-order valence-electron chi connectivity index (χ4n) is 2.06. The summed E-state index contributed by atoms with van der Waals surface area (Å²) in [7, 11) is 0. The van der Waals surface area contributed by atoms with Gasteiger partial charge in [0.15, 0.2) is 0 Å². The van der Waals surface area contributed by atoms with E-state index < -0.39 is 47.9 Å². The van der Waals surface area contributed by atoms with Gasteiger partial charge in [-0.1, -0.05) is 20.3 Å². The quantitative estimate of drug-likeness (QED) is 0.299. The zero-order valence-electron chi connectivity index (χ0n) is 16.6. The topological polar surface area (TPSA) is 151 Å². The van der Waals surface area contributed by atoms with Crippen molar-refractivity contribution in [2.24, 2.45) is 11.7 Å². The van der Waals surface area contributed by atoms with E-state index >= 15 is 0 Å². The van der Waals surface area contributed by atoms with Gasteiger partial charge in [0.2, 0.25) is 17.7 Å². The minimum Gasteiger partial charge on any atom is -0.480 e. The van der Waals surface area contributed by atoms with Crippen molar-refractivity contribution in [3.05, 3.63) is 0 Å². The Morgan fingerprint density at radius 1 is 0.963 bits per heavy atom. The van der Waals surface area contributed by atoms with Crippen LogP contribution in [0.3, 0.4) is 0 Å². The molecule has 0 saturated heterocycles. The number of hydrogen-bond donors (Lipinski definition) is 5. The Balaban J connectivity index is 4.92. The smallest absolute Gasteiger partial charge is 0.325 e. The second kappa shape index (κ2) is 12.6. The molecule has 0 spiro atoms. The van der Waals surface area contributed by atoms with Crippen molar-refractivity contribution in [2.45, 2.75) is 64.7 Å². The van der Waals surface area contributed by atoms with Gasteiger partial charge in [-0.2, -0.15) is 11.8 Å². The summed E-state index contributed by atoms with van der Waals surface area (Å²) in [4.78, 5) is 47.6. The molecule has 0 radical (unpaired) electrons. The number of carboxylic acids is 1. The van der Waals surface area contributed by atoms with Crippen LogP contribution in [0.5, 0.6) is 0 Å². The van der Waals surface area contributed by atoms with Gasteiger partial charge in [-0.15, -0.1) is 0 Å². The summed E-state index contributed by atoms with van der Waals surface area (Å²) >= 11 is 1.52. The number of thioether (sulfide) groups is 1. The van der Waals surface area contributed by atoms with Crippen molar-refractivity contribution in [1.82, 2.24) is 16.0 Å². The van der Waals surface area contributed by atoms with E-state index in [4.69, 9.17) is 10.8 Å². The lowest BCUT2D eigenvalue weighted by molar-refractivity contribution is -0.141. The lowest BCUT2D eigenvalue weighted by atomic mass is 9.99. The molecule has 0 aromatic carbocycles. The number of rotatable bonds is 12. The fourth-order valence-corrected chi connectivity index (χ4v) is 2.54. The number of aliphatic carboxylic acids is 1. The van der Waals surface area contributed by atoms with Crippen LogP contribution in [0.1, 0.15) is 40.5 Å². The number of nitrogens with one attached hydrogen (secondary N) is 3. The molecule has 0 aliphatic rings. The van der Waals surface area contributed by atoms with Gasteiger partial charge < -0.3 is 26.8 Å². The first-order chi connectivity index (χ1) is 12.5. The van der Waals surface area contributed by atoms with Crippen LogP contribution in [0.2, 0.25) is 0 Å². The van der Waals surface area contributed by atoms with Gasteiger partial charge in [0, 0.05) is 0 Å². The zero-order chi connectivity index (χ0) is 21.1. The molecule has 0 aromatic heterocycles. The Morgan fingerprint density at radius 3 is 2.00 bits per heavy atom. The van der Waals surface area contributed by atoms with Crippen molar-refractivity contribution < 1.29 is 24.3 Å². The maximum atomic E-state index is 12.5. The van der Waals surface area contributed by atoms with Gasteiger partial charge in [-0.25, -0.2) is 0 Å². The molecule has 0 saturated carbocycles. The van der Waals surface area contributed by atoms with Crippen molar-refractivity contribution in [2.75, 3.05) is 12.0 Å². The van der Waals surface area contributed by atoms with E-state index in [1.54, 1.807) is 0 Å². The molecule has 27 heavy (non-hydrogen) atoms. The van der Waals surface area contributed by atoms with Crippen LogP contribution in [0.4, 0.5) is 0 Å². The summed E-state index contributed by atoms with van der Waals surface area (Å²) in [5.41, 5.74) is 5.91. The van der Waals surface area contributed by atoms with Crippen LogP contribution in [-0.2, 0) is 19.2 Å². The third kappa shape index (κ3) is 9.09. The number of amides is 3. The average molecular weight is 405 g/mol. The van der Waals surface area contributed by atoms with Crippen LogP contribution in [0.25, 0.3) is 0 Å². The molecule has 6 N–H and O–H groups in total. The third-order valence-corrected chi connectivity index (χ3v) is 4.93. The molecule has 3 amide bonds. The van der Waals surface area contributed by atoms with E-state index in [1.165, 1.54) is 25.6 Å². The van der Waals surface area contributed by atoms with Gasteiger partial charge >= 0.3 is 5.97 Å². The van der Waals surface area contributed by atoms with E-state index in [1.807, 2.05) is 20.1 Å². The Bertz CT molecular complexity index is 531. The molecule has 0 rings (SSSR count). The maximum Gasteiger partial charge on any atom is 0.325 e. The van der Waals surface area contributed by atoms with Crippen molar-refractivity contribution in [3.8, 4) is 0 Å². The summed E-state index contributed by atoms with van der Waals surface area (Å²) in [6.07, 6.45) is 2.99. The minimum absolute atomic E-state index is 0.0310. The summed E-state index contributed by atoms with van der Waals surface area (Å²) in [6.45, 7) is 6.55. The molecule has 0 bridgehead atoms. The van der Waals surface area contributed by atoms with Crippen LogP contribution in [-0.4, -0.2) is 65.0 Å². The van der Waals surface area contributed by atoms with Crippen LogP contribution < -0.4 is 21.7 Å². The first kappa shape index (κ1) is 25.2. The van der Waals surface area contributed by atoms with Gasteiger partial charge in [0.25, 0.3) is 0 Å². The highest BCUT2D eigenvalue weighted by atomic mass is 32.2. The summed E-state index contributed by atoms with van der Waals surface area (Å²) in [6, 6.07) is -3.57. The predicted octanol–water partition coefficient (Wildman–Crippen LogP) is -0.308. The Morgan fingerprint density at radius 2 is 1.52 bits per heavy atom. The molecule has 156 valence electrons. The first-order valence-electron chi connectivity index (χ1n) is 8.93. The molecule has 5 atom stereocenters. The number of nitrogens with two attached hydrogens (primary N) is 1. The fraction of sp³-hybridized carbons (Fsp3) is 0.765. The second-order valence-electron chi connectivity index (χ2n) is 6.55. The third-order valence-electron chi connectivity index (χ3n) is 4.28. The first-order valence-corrected chi connectivity index (χ1v) is 10.3. The van der Waals surface area contributed by atoms with Gasteiger partial charge in [-0.05, 0) is 38.2 Å². The highest BCUT2D eigenvalue weighted by molar-refractivity contribution is 7.98. The molecular weight excluding hydrogens is 372 g/mol. The Hall–Kier alpha value is -1.81. The Kier molecular flexibility index (Phi) is 11.7. The monoisotopic (exact) mass is 404 g/mol. The lowest BCUT2D eigenvalue weighted by Crippen LogP contribution is -2.56.